The van der Waals surface area contributed by atoms with E-state index in [0.717, 1.165) is 19.3 Å². The van der Waals surface area contributed by atoms with Crippen LogP contribution in [0.1, 0.15) is 65.3 Å². The van der Waals surface area contributed by atoms with Crippen LogP contribution in [0.2, 0.25) is 0 Å². The number of rotatable bonds is 1. The molecule has 2 nitrogen and oxygen atoms in total. The van der Waals surface area contributed by atoms with Crippen molar-refractivity contribution in [2.45, 2.75) is 39.0 Å². The second kappa shape index (κ2) is 5.76. The fourth-order valence-corrected chi connectivity index (χ4v) is 5.78. The van der Waals surface area contributed by atoms with Crippen molar-refractivity contribution in [1.29, 1.82) is 0 Å². The minimum Gasteiger partial charge on any atom is -0.294 e. The summed E-state index contributed by atoms with van der Waals surface area (Å²) < 4.78 is 0. The van der Waals surface area contributed by atoms with Gasteiger partial charge in [-0.15, -0.1) is 0 Å². The van der Waals surface area contributed by atoms with Crippen LogP contribution in [-0.2, 0) is 0 Å². The Morgan fingerprint density at radius 1 is 0.852 bits per heavy atom. The first-order valence-electron chi connectivity index (χ1n) is 9.94. The van der Waals surface area contributed by atoms with Gasteiger partial charge in [0, 0.05) is 28.9 Å². The largest absolute Gasteiger partial charge is 0.294 e. The number of fused-ring (bicyclic) bond motifs is 2. The van der Waals surface area contributed by atoms with E-state index in [1.807, 2.05) is 42.5 Å². The monoisotopic (exact) mass is 356 g/mol. The Morgan fingerprint density at radius 3 is 2.19 bits per heavy atom. The molecule has 136 valence electrons. The summed E-state index contributed by atoms with van der Waals surface area (Å²) in [6.45, 7) is 4.60. The normalized spacial score (nSPS) is 28.6. The summed E-state index contributed by atoms with van der Waals surface area (Å²) in [5.74, 6) is -0.163. The van der Waals surface area contributed by atoms with Gasteiger partial charge in [-0.25, -0.2) is 0 Å². The van der Waals surface area contributed by atoms with Crippen molar-refractivity contribution in [1.82, 2.24) is 0 Å². The summed E-state index contributed by atoms with van der Waals surface area (Å²) in [5, 5.41) is 0. The van der Waals surface area contributed by atoms with Gasteiger partial charge in [0.2, 0.25) is 0 Å². The van der Waals surface area contributed by atoms with Gasteiger partial charge in [0.15, 0.2) is 11.6 Å². The summed E-state index contributed by atoms with van der Waals surface area (Å²) in [6, 6.07) is 17.8. The first-order chi connectivity index (χ1) is 13.0. The molecule has 0 saturated carbocycles. The van der Waals surface area contributed by atoms with Crippen LogP contribution in [0.5, 0.6) is 0 Å². The van der Waals surface area contributed by atoms with E-state index in [1.165, 1.54) is 16.7 Å². The molecular weight excluding hydrogens is 332 g/mol. The predicted molar refractivity (Wildman–Crippen MR) is 106 cm³/mol. The Kier molecular flexibility index (Phi) is 3.56. The van der Waals surface area contributed by atoms with E-state index in [2.05, 4.69) is 26.0 Å². The molecule has 0 bridgehead atoms. The third-order valence-corrected chi connectivity index (χ3v) is 6.99. The summed E-state index contributed by atoms with van der Waals surface area (Å²) in [6.07, 6.45) is 2.92. The number of ketones is 2. The van der Waals surface area contributed by atoms with Crippen molar-refractivity contribution in [3.8, 4) is 0 Å². The molecule has 3 aliphatic rings. The predicted octanol–water partition coefficient (Wildman–Crippen LogP) is 5.60. The standard InChI is InChI=1S/C25H24O2/c1-25(2)13-12-16-14-19-21(20(22(16)25)15-8-4-3-5-9-15)24(27)18-11-7-6-10-17(18)23(19)26/h3-11,19-21H,12-14H2,1-2H3/t19-,20-,21-/m1/s1. The second-order valence-corrected chi connectivity index (χ2v) is 8.90. The van der Waals surface area contributed by atoms with Crippen molar-refractivity contribution >= 4 is 11.6 Å². The van der Waals surface area contributed by atoms with Gasteiger partial charge in [-0.3, -0.25) is 9.59 Å². The van der Waals surface area contributed by atoms with Gasteiger partial charge in [-0.05, 0) is 30.2 Å². The molecule has 0 N–H and O–H groups in total. The highest BCUT2D eigenvalue weighted by atomic mass is 16.1. The molecule has 0 unspecified atom stereocenters. The maximum absolute atomic E-state index is 13.6. The quantitative estimate of drug-likeness (QED) is 0.623. The average molecular weight is 356 g/mol. The van der Waals surface area contributed by atoms with Crippen LogP contribution in [-0.4, -0.2) is 11.6 Å². The molecule has 0 radical (unpaired) electrons. The molecule has 2 heteroatoms. The molecule has 5 rings (SSSR count). The van der Waals surface area contributed by atoms with E-state index in [0.29, 0.717) is 11.1 Å². The second-order valence-electron chi connectivity index (χ2n) is 8.90. The van der Waals surface area contributed by atoms with Gasteiger partial charge in [0.25, 0.3) is 0 Å². The molecular formula is C25H24O2. The zero-order valence-electron chi connectivity index (χ0n) is 15.9. The smallest absolute Gasteiger partial charge is 0.168 e. The van der Waals surface area contributed by atoms with Crippen LogP contribution in [0, 0.1) is 17.3 Å². The molecule has 2 aromatic rings. The van der Waals surface area contributed by atoms with Gasteiger partial charge in [-0.1, -0.05) is 79.6 Å². The van der Waals surface area contributed by atoms with Crippen LogP contribution in [0.3, 0.4) is 0 Å². The van der Waals surface area contributed by atoms with Gasteiger partial charge in [0.1, 0.15) is 0 Å². The Hall–Kier alpha value is -2.48. The summed E-state index contributed by atoms with van der Waals surface area (Å²) >= 11 is 0. The molecule has 2 aromatic carbocycles. The average Bonchev–Trinajstić information content (AvgIpc) is 3.00. The van der Waals surface area contributed by atoms with Gasteiger partial charge >= 0.3 is 0 Å². The SMILES string of the molecule is CC1(C)CCC2=C1[C@H](c1ccccc1)[C@@H]1C(=O)c3ccccc3C(=O)[C@@H]1C2. The number of benzene rings is 2. The lowest BCUT2D eigenvalue weighted by molar-refractivity contribution is 0.0695. The number of allylic oxidation sites excluding steroid dienone is 2. The summed E-state index contributed by atoms with van der Waals surface area (Å²) in [4.78, 5) is 27.0. The first kappa shape index (κ1) is 16.7. The minimum absolute atomic E-state index is 0.0160. The fraction of sp³-hybridized carbons (Fsp3) is 0.360. The maximum atomic E-state index is 13.6. The van der Waals surface area contributed by atoms with E-state index in [1.54, 1.807) is 0 Å². The fourth-order valence-electron chi connectivity index (χ4n) is 5.78. The lowest BCUT2D eigenvalue weighted by Gasteiger charge is -2.44. The van der Waals surface area contributed by atoms with Crippen LogP contribution in [0.25, 0.3) is 0 Å². The molecule has 0 amide bonds. The molecule has 0 saturated heterocycles. The first-order valence-corrected chi connectivity index (χ1v) is 9.94. The number of carbonyl (C=O) groups is 2. The lowest BCUT2D eigenvalue weighted by Crippen LogP contribution is -2.44. The van der Waals surface area contributed by atoms with Crippen LogP contribution < -0.4 is 0 Å². The van der Waals surface area contributed by atoms with Crippen molar-refractivity contribution in [2.24, 2.45) is 17.3 Å². The lowest BCUT2D eigenvalue weighted by atomic mass is 9.57. The van der Waals surface area contributed by atoms with Crippen LogP contribution in [0.15, 0.2) is 65.7 Å². The number of hydrogen-bond acceptors (Lipinski definition) is 2. The molecule has 0 spiro atoms. The maximum Gasteiger partial charge on any atom is 0.168 e. The molecule has 0 heterocycles. The molecule has 27 heavy (non-hydrogen) atoms. The molecule has 0 fully saturated rings. The van der Waals surface area contributed by atoms with E-state index in [9.17, 15) is 9.59 Å². The highest BCUT2D eigenvalue weighted by Gasteiger charge is 2.53. The molecule has 3 atom stereocenters. The molecule has 0 aromatic heterocycles. The number of hydrogen-bond donors (Lipinski definition) is 0. The van der Waals surface area contributed by atoms with Crippen molar-refractivity contribution < 1.29 is 9.59 Å². The van der Waals surface area contributed by atoms with Crippen LogP contribution in [0.4, 0.5) is 0 Å². The van der Waals surface area contributed by atoms with Crippen LogP contribution >= 0.6 is 0 Å². The minimum atomic E-state index is -0.272. The third-order valence-electron chi connectivity index (χ3n) is 6.99. The number of Topliss-reactive ketones (excluding diaryl/α,β-unsaturated/α-hetero) is 2. The Balaban J connectivity index is 1.74. The molecule has 3 aliphatic carbocycles. The van der Waals surface area contributed by atoms with Crippen molar-refractivity contribution in [3.63, 3.8) is 0 Å². The van der Waals surface area contributed by atoms with Gasteiger partial charge < -0.3 is 0 Å². The zero-order chi connectivity index (χ0) is 18.8. The topological polar surface area (TPSA) is 34.1 Å². The Morgan fingerprint density at radius 2 is 1.48 bits per heavy atom. The van der Waals surface area contributed by atoms with E-state index >= 15 is 0 Å². The van der Waals surface area contributed by atoms with E-state index < -0.39 is 0 Å². The highest BCUT2D eigenvalue weighted by Crippen LogP contribution is 2.59. The van der Waals surface area contributed by atoms with Crippen molar-refractivity contribution in [2.75, 3.05) is 0 Å². The zero-order valence-corrected chi connectivity index (χ0v) is 15.9. The summed E-state index contributed by atoms with van der Waals surface area (Å²) in [7, 11) is 0. The van der Waals surface area contributed by atoms with E-state index in [-0.39, 0.29) is 34.7 Å². The summed E-state index contributed by atoms with van der Waals surface area (Å²) in [5.41, 5.74) is 5.35. The Labute approximate surface area is 160 Å². The number of carbonyl (C=O) groups excluding carboxylic acids is 2. The van der Waals surface area contributed by atoms with E-state index in [4.69, 9.17) is 0 Å². The molecule has 0 aliphatic heterocycles. The van der Waals surface area contributed by atoms with Gasteiger partial charge in [0.05, 0.1) is 0 Å². The van der Waals surface area contributed by atoms with Crippen molar-refractivity contribution in [3.05, 3.63) is 82.4 Å². The van der Waals surface area contributed by atoms with Gasteiger partial charge in [-0.2, -0.15) is 0 Å². The highest BCUT2D eigenvalue weighted by molar-refractivity contribution is 6.16. The Bertz CT molecular complexity index is 980. The third kappa shape index (κ3) is 2.32.